The van der Waals surface area contributed by atoms with Crippen LogP contribution in [-0.2, 0) is 15.8 Å². The predicted molar refractivity (Wildman–Crippen MR) is 93.8 cm³/mol. The van der Waals surface area contributed by atoms with Gasteiger partial charge in [0.15, 0.2) is 0 Å². The third kappa shape index (κ3) is 4.23. The van der Waals surface area contributed by atoms with Gasteiger partial charge < -0.3 is 9.69 Å². The first-order chi connectivity index (χ1) is 10.5. The first-order valence-corrected chi connectivity index (χ1v) is 9.26. The fourth-order valence-corrected chi connectivity index (χ4v) is 4.78. The average molecular weight is 338 g/mol. The van der Waals surface area contributed by atoms with E-state index in [9.17, 15) is 9.00 Å². The highest BCUT2D eigenvalue weighted by Gasteiger charge is 2.17. The van der Waals surface area contributed by atoms with Crippen LogP contribution >= 0.6 is 11.3 Å². The zero-order chi connectivity index (χ0) is 16.1. The van der Waals surface area contributed by atoms with Gasteiger partial charge in [0.1, 0.15) is 21.5 Å². The number of thiophene rings is 1. The van der Waals surface area contributed by atoms with Gasteiger partial charge in [-0.15, -0.1) is 11.3 Å². The number of rotatable bonds is 8. The Hall–Kier alpha value is -1.08. The molecule has 2 aromatic rings. The van der Waals surface area contributed by atoms with Gasteiger partial charge in [0, 0.05) is 17.8 Å². The minimum absolute atomic E-state index is 0.192. The van der Waals surface area contributed by atoms with Gasteiger partial charge in [-0.05, 0) is 43.6 Å². The molecule has 0 amide bonds. The molecule has 0 bridgehead atoms. The molecule has 0 aliphatic carbocycles. The Morgan fingerprint density at radius 1 is 1.27 bits per heavy atom. The molecule has 1 unspecified atom stereocenters. The molecule has 4 nitrogen and oxygen atoms in total. The van der Waals surface area contributed by atoms with Crippen molar-refractivity contribution in [2.75, 3.05) is 33.2 Å². The third-order valence-electron chi connectivity index (χ3n) is 3.61. The molecule has 0 radical (unpaired) electrons. The van der Waals surface area contributed by atoms with Crippen molar-refractivity contribution in [1.29, 1.82) is 0 Å². The molecular formula is C16H22N2O2S2. The maximum Gasteiger partial charge on any atom is 0.138 e. The van der Waals surface area contributed by atoms with E-state index in [-0.39, 0.29) is 6.54 Å². The van der Waals surface area contributed by atoms with Crippen LogP contribution < -0.4 is 0 Å². The largest absolute Gasteiger partial charge is 0.305 e. The Morgan fingerprint density at radius 3 is 2.73 bits per heavy atom. The number of carbonyl (C=O) groups excluding carboxylic acids is 1. The van der Waals surface area contributed by atoms with Gasteiger partial charge in [-0.2, -0.15) is 0 Å². The summed E-state index contributed by atoms with van der Waals surface area (Å²) in [7, 11) is 0.733. The highest BCUT2D eigenvalue weighted by Crippen LogP contribution is 2.29. The molecule has 0 aliphatic rings. The Balaban J connectivity index is 2.18. The highest BCUT2D eigenvalue weighted by atomic mass is 32.2. The second kappa shape index (κ2) is 7.97. The van der Waals surface area contributed by atoms with Crippen LogP contribution in [0.5, 0.6) is 0 Å². The lowest BCUT2D eigenvalue weighted by Crippen LogP contribution is -2.35. The summed E-state index contributed by atoms with van der Waals surface area (Å²) in [5, 5.41) is 1.11. The zero-order valence-corrected chi connectivity index (χ0v) is 14.9. The molecule has 1 atom stereocenters. The van der Waals surface area contributed by atoms with E-state index in [1.165, 1.54) is 5.56 Å². The fourth-order valence-electron chi connectivity index (χ4n) is 2.09. The summed E-state index contributed by atoms with van der Waals surface area (Å²) in [4.78, 5) is 13.0. The van der Waals surface area contributed by atoms with Crippen LogP contribution in [0.4, 0.5) is 0 Å². The van der Waals surface area contributed by atoms with Crippen molar-refractivity contribution >= 4 is 38.7 Å². The van der Waals surface area contributed by atoms with Crippen molar-refractivity contribution in [1.82, 2.24) is 9.21 Å². The molecule has 1 aromatic heterocycles. The summed E-state index contributed by atoms with van der Waals surface area (Å²) >= 11 is 1.54. The topological polar surface area (TPSA) is 40.6 Å². The minimum atomic E-state index is -1.28. The Morgan fingerprint density at radius 2 is 2.05 bits per heavy atom. The zero-order valence-electron chi connectivity index (χ0n) is 13.2. The maximum atomic E-state index is 12.8. The highest BCUT2D eigenvalue weighted by molar-refractivity contribution is 7.85. The van der Waals surface area contributed by atoms with Crippen molar-refractivity contribution in [3.63, 3.8) is 0 Å². The number of aldehydes is 1. The Labute approximate surface area is 138 Å². The van der Waals surface area contributed by atoms with Crippen molar-refractivity contribution in [3.8, 4) is 0 Å². The summed E-state index contributed by atoms with van der Waals surface area (Å²) in [5.41, 5.74) is 1.20. The quantitative estimate of drug-likeness (QED) is 0.695. The lowest BCUT2D eigenvalue weighted by molar-refractivity contribution is -0.108. The number of benzene rings is 1. The van der Waals surface area contributed by atoms with Crippen molar-refractivity contribution in [2.24, 2.45) is 0 Å². The van der Waals surface area contributed by atoms with E-state index in [1.54, 1.807) is 15.6 Å². The molecule has 1 heterocycles. The second-order valence-electron chi connectivity index (χ2n) is 5.31. The van der Waals surface area contributed by atoms with E-state index < -0.39 is 11.0 Å². The second-order valence-corrected chi connectivity index (χ2v) is 8.10. The van der Waals surface area contributed by atoms with E-state index in [1.807, 2.05) is 13.1 Å². The SMILES string of the molecule is CCN(C)CCN(CC=O)S(=O)c1cc2ccc(C)cc2s1. The van der Waals surface area contributed by atoms with Crippen molar-refractivity contribution in [2.45, 2.75) is 18.1 Å². The Kier molecular flexibility index (Phi) is 6.26. The van der Waals surface area contributed by atoms with Crippen LogP contribution in [0, 0.1) is 6.92 Å². The van der Waals surface area contributed by atoms with Gasteiger partial charge >= 0.3 is 0 Å². The van der Waals surface area contributed by atoms with Gasteiger partial charge in [0.2, 0.25) is 0 Å². The lowest BCUT2D eigenvalue weighted by Gasteiger charge is -2.21. The smallest absolute Gasteiger partial charge is 0.138 e. The van der Waals surface area contributed by atoms with Gasteiger partial charge in [-0.3, -0.25) is 0 Å². The Bertz CT molecular complexity index is 669. The molecule has 2 rings (SSSR count). The molecule has 0 N–H and O–H groups in total. The molecule has 22 heavy (non-hydrogen) atoms. The number of hydrogen-bond acceptors (Lipinski definition) is 4. The maximum absolute atomic E-state index is 12.8. The summed E-state index contributed by atoms with van der Waals surface area (Å²) in [6.07, 6.45) is 0.821. The number of carbonyl (C=O) groups is 1. The van der Waals surface area contributed by atoms with E-state index in [4.69, 9.17) is 0 Å². The molecule has 0 fully saturated rings. The van der Waals surface area contributed by atoms with E-state index >= 15 is 0 Å². The van der Waals surface area contributed by atoms with E-state index in [0.717, 1.165) is 33.7 Å². The third-order valence-corrected chi connectivity index (χ3v) is 6.44. The molecule has 0 spiro atoms. The molecule has 1 aromatic carbocycles. The van der Waals surface area contributed by atoms with Crippen molar-refractivity contribution < 1.29 is 9.00 Å². The van der Waals surface area contributed by atoms with Gasteiger partial charge in [-0.25, -0.2) is 8.51 Å². The van der Waals surface area contributed by atoms with E-state index in [2.05, 4.69) is 36.9 Å². The summed E-state index contributed by atoms with van der Waals surface area (Å²) < 4.78 is 16.4. The van der Waals surface area contributed by atoms with E-state index in [0.29, 0.717) is 6.54 Å². The number of hydrogen-bond donors (Lipinski definition) is 0. The molecule has 0 aliphatic heterocycles. The molecular weight excluding hydrogens is 316 g/mol. The number of fused-ring (bicyclic) bond motifs is 1. The number of nitrogens with zero attached hydrogens (tertiary/aromatic N) is 2. The van der Waals surface area contributed by atoms with Crippen LogP contribution in [0.15, 0.2) is 28.5 Å². The first kappa shape index (κ1) is 17.3. The summed E-state index contributed by atoms with van der Waals surface area (Å²) in [6, 6.07) is 8.18. The van der Waals surface area contributed by atoms with Gasteiger partial charge in [0.25, 0.3) is 0 Å². The molecule has 6 heteroatoms. The summed E-state index contributed by atoms with van der Waals surface area (Å²) in [5.74, 6) is 0. The van der Waals surface area contributed by atoms with Crippen molar-refractivity contribution in [3.05, 3.63) is 29.8 Å². The minimum Gasteiger partial charge on any atom is -0.305 e. The number of aryl methyl sites for hydroxylation is 1. The summed E-state index contributed by atoms with van der Waals surface area (Å²) in [6.45, 7) is 6.66. The van der Waals surface area contributed by atoms with Crippen LogP contribution in [0.3, 0.4) is 0 Å². The monoisotopic (exact) mass is 338 g/mol. The first-order valence-electron chi connectivity index (χ1n) is 7.34. The van der Waals surface area contributed by atoms with Crippen LogP contribution in [0.25, 0.3) is 10.1 Å². The standard InChI is InChI=1S/C16H22N2O2S2/c1-4-17(3)7-8-18(9-10-19)22(20)16-12-14-6-5-13(2)11-15(14)21-16/h5-6,10-12H,4,7-9H2,1-3H3. The molecule has 120 valence electrons. The predicted octanol–water partition coefficient (Wildman–Crippen LogP) is 2.68. The van der Waals surface area contributed by atoms with Crippen LogP contribution in [-0.4, -0.2) is 52.9 Å². The molecule has 0 saturated heterocycles. The van der Waals surface area contributed by atoms with Gasteiger partial charge in [0.05, 0.1) is 6.54 Å². The van der Waals surface area contributed by atoms with Crippen LogP contribution in [0.1, 0.15) is 12.5 Å². The normalized spacial score (nSPS) is 13.1. The van der Waals surface area contributed by atoms with Crippen LogP contribution in [0.2, 0.25) is 0 Å². The average Bonchev–Trinajstić information content (AvgIpc) is 2.93. The number of likely N-dealkylation sites (N-methyl/N-ethyl adjacent to an activating group) is 1. The lowest BCUT2D eigenvalue weighted by atomic mass is 10.2. The van der Waals surface area contributed by atoms with Gasteiger partial charge in [-0.1, -0.05) is 19.1 Å². The molecule has 0 saturated carbocycles. The fraction of sp³-hybridized carbons (Fsp3) is 0.438.